The molecule has 3 rings (SSSR count). The molecule has 0 saturated carbocycles. The van der Waals surface area contributed by atoms with Gasteiger partial charge in [0.25, 0.3) is 0 Å². The lowest BCUT2D eigenvalue weighted by Gasteiger charge is -2.43. The SMILES string of the molecule is CCNC(=NCC1(N2CCCC2)CCOCC1)NCCCN1CCC(C)CC1.I. The molecule has 2 N–H and O–H groups in total. The zero-order valence-electron chi connectivity index (χ0n) is 18.8. The van der Waals surface area contributed by atoms with E-state index in [1.807, 2.05) is 0 Å². The quantitative estimate of drug-likeness (QED) is 0.223. The van der Waals surface area contributed by atoms with Crippen molar-refractivity contribution in [3.05, 3.63) is 0 Å². The molecule has 3 saturated heterocycles. The lowest BCUT2D eigenvalue weighted by Crippen LogP contribution is -2.54. The first-order chi connectivity index (χ1) is 13.7. The Morgan fingerprint density at radius 2 is 1.76 bits per heavy atom. The molecule has 3 aliphatic rings. The average molecular weight is 522 g/mol. The Morgan fingerprint density at radius 3 is 2.41 bits per heavy atom. The van der Waals surface area contributed by atoms with Crippen molar-refractivity contribution in [3.8, 4) is 0 Å². The first kappa shape index (κ1) is 25.1. The maximum atomic E-state index is 5.67. The Hall–Kier alpha value is -0.120. The monoisotopic (exact) mass is 521 g/mol. The number of nitrogens with one attached hydrogen (secondary N) is 2. The predicted octanol–water partition coefficient (Wildman–Crippen LogP) is 2.93. The van der Waals surface area contributed by atoms with Crippen LogP contribution in [0.5, 0.6) is 0 Å². The smallest absolute Gasteiger partial charge is 0.191 e. The molecule has 0 radical (unpaired) electrons. The molecule has 3 fully saturated rings. The second kappa shape index (κ2) is 13.3. The van der Waals surface area contributed by atoms with Crippen molar-refractivity contribution >= 4 is 29.9 Å². The number of ether oxygens (including phenoxy) is 1. The summed E-state index contributed by atoms with van der Waals surface area (Å²) >= 11 is 0. The van der Waals surface area contributed by atoms with Crippen LogP contribution in [0.2, 0.25) is 0 Å². The van der Waals surface area contributed by atoms with Gasteiger partial charge in [-0.2, -0.15) is 0 Å². The van der Waals surface area contributed by atoms with Gasteiger partial charge in [-0.25, -0.2) is 0 Å². The molecular formula is C22H44IN5O. The van der Waals surface area contributed by atoms with Gasteiger partial charge in [-0.15, -0.1) is 24.0 Å². The Balaban J connectivity index is 0.00000300. The lowest BCUT2D eigenvalue weighted by molar-refractivity contribution is -0.0139. The van der Waals surface area contributed by atoms with E-state index in [4.69, 9.17) is 9.73 Å². The summed E-state index contributed by atoms with van der Waals surface area (Å²) in [6, 6.07) is 0. The molecule has 0 bridgehead atoms. The average Bonchev–Trinajstić information content (AvgIpc) is 3.27. The first-order valence-electron chi connectivity index (χ1n) is 11.8. The Kier molecular flexibility index (Phi) is 11.6. The summed E-state index contributed by atoms with van der Waals surface area (Å²) in [6.45, 7) is 15.3. The van der Waals surface area contributed by atoms with Gasteiger partial charge in [0.15, 0.2) is 5.96 Å². The lowest BCUT2D eigenvalue weighted by atomic mass is 9.88. The summed E-state index contributed by atoms with van der Waals surface area (Å²) in [4.78, 5) is 10.3. The van der Waals surface area contributed by atoms with Gasteiger partial charge < -0.3 is 20.3 Å². The van der Waals surface area contributed by atoms with Crippen LogP contribution in [0.1, 0.15) is 58.8 Å². The van der Waals surface area contributed by atoms with Gasteiger partial charge in [-0.05, 0) is 90.5 Å². The zero-order chi connectivity index (χ0) is 19.7. The van der Waals surface area contributed by atoms with Crippen molar-refractivity contribution in [2.24, 2.45) is 10.9 Å². The number of halogens is 1. The van der Waals surface area contributed by atoms with Crippen LogP contribution in [0.4, 0.5) is 0 Å². The fourth-order valence-electron chi connectivity index (χ4n) is 4.88. The van der Waals surface area contributed by atoms with E-state index in [0.29, 0.717) is 0 Å². The molecule has 0 aromatic rings. The number of hydrogen-bond acceptors (Lipinski definition) is 4. The summed E-state index contributed by atoms with van der Waals surface area (Å²) in [5, 5.41) is 7.03. The van der Waals surface area contributed by atoms with Crippen LogP contribution in [-0.4, -0.2) is 86.9 Å². The molecule has 170 valence electrons. The molecule has 0 atom stereocenters. The van der Waals surface area contributed by atoms with E-state index in [1.165, 1.54) is 64.8 Å². The highest BCUT2D eigenvalue weighted by atomic mass is 127. The van der Waals surface area contributed by atoms with Gasteiger partial charge >= 0.3 is 0 Å². The van der Waals surface area contributed by atoms with Gasteiger partial charge in [0, 0.05) is 31.8 Å². The fraction of sp³-hybridized carbons (Fsp3) is 0.955. The number of rotatable bonds is 8. The van der Waals surface area contributed by atoms with Crippen LogP contribution in [0.3, 0.4) is 0 Å². The zero-order valence-corrected chi connectivity index (χ0v) is 21.1. The van der Waals surface area contributed by atoms with Crippen molar-refractivity contribution in [1.29, 1.82) is 0 Å². The van der Waals surface area contributed by atoms with Crippen molar-refractivity contribution < 1.29 is 4.74 Å². The van der Waals surface area contributed by atoms with Gasteiger partial charge in [0.05, 0.1) is 6.54 Å². The van der Waals surface area contributed by atoms with E-state index in [1.54, 1.807) is 0 Å². The third-order valence-corrected chi connectivity index (χ3v) is 6.90. The highest BCUT2D eigenvalue weighted by Crippen LogP contribution is 2.31. The summed E-state index contributed by atoms with van der Waals surface area (Å²) in [5.41, 5.74) is 0.210. The van der Waals surface area contributed by atoms with E-state index >= 15 is 0 Å². The van der Waals surface area contributed by atoms with E-state index in [0.717, 1.165) is 57.6 Å². The van der Waals surface area contributed by atoms with Crippen molar-refractivity contribution in [2.45, 2.75) is 64.3 Å². The van der Waals surface area contributed by atoms with Crippen molar-refractivity contribution in [3.63, 3.8) is 0 Å². The molecular weight excluding hydrogens is 477 g/mol. The summed E-state index contributed by atoms with van der Waals surface area (Å²) in [6.07, 6.45) is 8.80. The molecule has 7 heteroatoms. The van der Waals surface area contributed by atoms with Gasteiger partial charge in [-0.1, -0.05) is 6.92 Å². The van der Waals surface area contributed by atoms with E-state index in [-0.39, 0.29) is 29.5 Å². The molecule has 3 heterocycles. The minimum absolute atomic E-state index is 0. The van der Waals surface area contributed by atoms with E-state index in [2.05, 4.69) is 34.3 Å². The summed E-state index contributed by atoms with van der Waals surface area (Å²) < 4.78 is 5.67. The minimum Gasteiger partial charge on any atom is -0.381 e. The number of piperidine rings is 1. The van der Waals surface area contributed by atoms with Crippen LogP contribution in [0.25, 0.3) is 0 Å². The molecule has 0 aliphatic carbocycles. The summed E-state index contributed by atoms with van der Waals surface area (Å²) in [7, 11) is 0. The topological polar surface area (TPSA) is 52.1 Å². The first-order valence-corrected chi connectivity index (χ1v) is 11.8. The van der Waals surface area contributed by atoms with Crippen LogP contribution >= 0.6 is 24.0 Å². The van der Waals surface area contributed by atoms with Gasteiger partial charge in [0.1, 0.15) is 0 Å². The third-order valence-electron chi connectivity index (χ3n) is 6.90. The summed E-state index contributed by atoms with van der Waals surface area (Å²) in [5.74, 6) is 1.90. The molecule has 3 aliphatic heterocycles. The largest absolute Gasteiger partial charge is 0.381 e. The molecule has 0 spiro atoms. The molecule has 6 nitrogen and oxygen atoms in total. The maximum Gasteiger partial charge on any atom is 0.191 e. The highest BCUT2D eigenvalue weighted by Gasteiger charge is 2.39. The Labute approximate surface area is 195 Å². The standard InChI is InChI=1S/C22H43N5O.HI/c1-3-23-21(24-11-6-12-26-15-7-20(2)8-16-26)25-19-22(9-17-28-18-10-22)27-13-4-5-14-27;/h20H,3-19H2,1-2H3,(H2,23,24,25);1H. The maximum absolute atomic E-state index is 5.67. The van der Waals surface area contributed by atoms with Crippen LogP contribution < -0.4 is 10.6 Å². The normalized spacial score (nSPS) is 24.3. The van der Waals surface area contributed by atoms with Crippen molar-refractivity contribution in [2.75, 3.05) is 65.6 Å². The minimum atomic E-state index is 0. The number of guanidine groups is 1. The van der Waals surface area contributed by atoms with Crippen LogP contribution in [0.15, 0.2) is 4.99 Å². The van der Waals surface area contributed by atoms with Crippen LogP contribution in [-0.2, 0) is 4.74 Å². The molecule has 29 heavy (non-hydrogen) atoms. The highest BCUT2D eigenvalue weighted by molar-refractivity contribution is 14.0. The van der Waals surface area contributed by atoms with E-state index in [9.17, 15) is 0 Å². The van der Waals surface area contributed by atoms with E-state index < -0.39 is 0 Å². The number of nitrogens with zero attached hydrogens (tertiary/aromatic N) is 3. The number of likely N-dealkylation sites (tertiary alicyclic amines) is 2. The molecule has 0 aromatic carbocycles. The fourth-order valence-corrected chi connectivity index (χ4v) is 4.88. The second-order valence-electron chi connectivity index (χ2n) is 9.03. The van der Waals surface area contributed by atoms with Gasteiger partial charge in [-0.3, -0.25) is 9.89 Å². The third kappa shape index (κ3) is 7.82. The molecule has 0 unspecified atom stereocenters. The number of hydrogen-bond donors (Lipinski definition) is 2. The second-order valence-corrected chi connectivity index (χ2v) is 9.03. The predicted molar refractivity (Wildman–Crippen MR) is 132 cm³/mol. The van der Waals surface area contributed by atoms with Gasteiger partial charge in [0.2, 0.25) is 0 Å². The Bertz CT molecular complexity index is 470. The Morgan fingerprint density at radius 1 is 1.07 bits per heavy atom. The van der Waals surface area contributed by atoms with Crippen LogP contribution in [0, 0.1) is 5.92 Å². The molecule has 0 aromatic heterocycles. The number of aliphatic imine (C=N–C) groups is 1. The van der Waals surface area contributed by atoms with Crippen molar-refractivity contribution in [1.82, 2.24) is 20.4 Å². The molecule has 0 amide bonds.